The highest BCUT2D eigenvalue weighted by atomic mass is 16.6. The Morgan fingerprint density at radius 1 is 0.364 bits per heavy atom. The van der Waals surface area contributed by atoms with E-state index in [1.807, 2.05) is 115 Å². The maximum Gasteiger partial charge on any atom is 0.411 e. The van der Waals surface area contributed by atoms with Crippen molar-refractivity contribution >= 4 is 53.7 Å². The summed E-state index contributed by atoms with van der Waals surface area (Å²) in [4.78, 5) is 84.2. The van der Waals surface area contributed by atoms with Crippen LogP contribution in [0.4, 0.5) is 30.6 Å². The van der Waals surface area contributed by atoms with Crippen LogP contribution in [0, 0.1) is 0 Å². The third-order valence-electron chi connectivity index (χ3n) is 10.7. The summed E-state index contributed by atoms with van der Waals surface area (Å²) in [5.41, 5.74) is 5.69. The second-order valence-corrected chi connectivity index (χ2v) is 16.9. The highest BCUT2D eigenvalue weighted by molar-refractivity contribution is 5.85. The zero-order valence-electron chi connectivity index (χ0n) is 42.6. The average molecular weight is 1050 g/mol. The molecule has 0 aliphatic carbocycles. The lowest BCUT2D eigenvalue weighted by Gasteiger charge is -2.18. The standard InChI is InChI=1S/C34H40N2O8.C25H24N2O6/c37-31(18-16-27-10-3-1-4-11-27)41-20-8-22-43-33(39)35-25-29-14-7-15-30(24-29)26-36-34(40)44-23-9-21-42-32(38)19-17-28-12-5-2-6-13-28;28-23(16-19-10-4-1-5-11-19)33-22(17-31-24(29)26-20-12-6-2-7-13-20)18-32-25(30)27-21-14-8-3-9-15-21/h1-7,10-15,24H,8-9,16-23,25-26H2,(H,35,39)(H,36,40);1-15,22H,16-18H2,(H,26,29)(H,27,30). The fourth-order valence-corrected chi connectivity index (χ4v) is 6.84. The Balaban J connectivity index is 0.000000296. The van der Waals surface area contributed by atoms with E-state index < -0.39 is 36.4 Å². The molecule has 77 heavy (non-hydrogen) atoms. The van der Waals surface area contributed by atoms with Gasteiger partial charge in [0.2, 0.25) is 0 Å². The van der Waals surface area contributed by atoms with Gasteiger partial charge >= 0.3 is 42.3 Å². The van der Waals surface area contributed by atoms with Crippen molar-refractivity contribution < 1.29 is 66.7 Å². The molecule has 0 aliphatic rings. The lowest BCUT2D eigenvalue weighted by Crippen LogP contribution is -2.33. The van der Waals surface area contributed by atoms with Gasteiger partial charge < -0.3 is 43.8 Å². The number of rotatable bonds is 27. The van der Waals surface area contributed by atoms with Gasteiger partial charge in [0.15, 0.2) is 6.10 Å². The summed E-state index contributed by atoms with van der Waals surface area (Å²) in [5, 5.41) is 10.5. The predicted molar refractivity (Wildman–Crippen MR) is 286 cm³/mol. The summed E-state index contributed by atoms with van der Waals surface area (Å²) in [5.74, 6) is -1.10. The van der Waals surface area contributed by atoms with Gasteiger partial charge in [0.25, 0.3) is 0 Å². The van der Waals surface area contributed by atoms with Crippen LogP contribution in [0.15, 0.2) is 176 Å². The molecule has 0 saturated heterocycles. The minimum absolute atomic E-state index is 0.0315. The van der Waals surface area contributed by atoms with Crippen LogP contribution in [0.1, 0.15) is 53.5 Å². The van der Waals surface area contributed by atoms with Crippen LogP contribution in [0.5, 0.6) is 0 Å². The first kappa shape index (κ1) is 58.7. The van der Waals surface area contributed by atoms with E-state index in [1.54, 1.807) is 60.7 Å². The molecule has 18 heteroatoms. The fraction of sp³-hybridized carbons (Fsp3) is 0.271. The van der Waals surface area contributed by atoms with Crippen molar-refractivity contribution in [2.75, 3.05) is 50.3 Å². The molecule has 0 saturated carbocycles. The first-order valence-corrected chi connectivity index (χ1v) is 25.1. The molecule has 404 valence electrons. The molecule has 18 nitrogen and oxygen atoms in total. The molecular formula is C59H64N4O14. The molecule has 0 radical (unpaired) electrons. The van der Waals surface area contributed by atoms with Crippen LogP contribution in [0.3, 0.4) is 0 Å². The molecule has 4 N–H and O–H groups in total. The van der Waals surface area contributed by atoms with Gasteiger partial charge in [-0.25, -0.2) is 19.2 Å². The van der Waals surface area contributed by atoms with Crippen LogP contribution < -0.4 is 21.3 Å². The number of aryl methyl sites for hydroxylation is 2. The molecule has 0 aliphatic heterocycles. The van der Waals surface area contributed by atoms with Crippen LogP contribution >= 0.6 is 0 Å². The molecule has 6 rings (SSSR count). The molecule has 0 fully saturated rings. The Labute approximate surface area is 447 Å². The monoisotopic (exact) mass is 1050 g/mol. The van der Waals surface area contributed by atoms with Crippen molar-refractivity contribution in [2.45, 2.75) is 64.1 Å². The Kier molecular flexibility index (Phi) is 26.7. The Bertz CT molecular complexity index is 2550. The van der Waals surface area contributed by atoms with Crippen molar-refractivity contribution in [3.05, 3.63) is 204 Å². The van der Waals surface area contributed by atoms with Gasteiger partial charge in [-0.05, 0) is 64.9 Å². The van der Waals surface area contributed by atoms with E-state index in [2.05, 4.69) is 21.3 Å². The topological polar surface area (TPSA) is 232 Å². The normalized spacial score (nSPS) is 10.3. The van der Waals surface area contributed by atoms with Gasteiger partial charge in [-0.3, -0.25) is 25.0 Å². The van der Waals surface area contributed by atoms with E-state index in [4.69, 9.17) is 33.2 Å². The third kappa shape index (κ3) is 26.5. The molecule has 0 bridgehead atoms. The average Bonchev–Trinajstić information content (AvgIpc) is 3.45. The molecular weight excluding hydrogens is 989 g/mol. The molecule has 0 heterocycles. The number of alkyl carbamates (subject to hydrolysis) is 2. The van der Waals surface area contributed by atoms with Crippen LogP contribution in [-0.4, -0.2) is 88.0 Å². The van der Waals surface area contributed by atoms with Crippen molar-refractivity contribution in [1.29, 1.82) is 0 Å². The van der Waals surface area contributed by atoms with Gasteiger partial charge in [-0.2, -0.15) is 0 Å². The summed E-state index contributed by atoms with van der Waals surface area (Å²) in [6.07, 6.45) is -0.892. The van der Waals surface area contributed by atoms with E-state index in [1.165, 1.54) is 0 Å². The van der Waals surface area contributed by atoms with Crippen molar-refractivity contribution in [3.63, 3.8) is 0 Å². The molecule has 0 aromatic heterocycles. The highest BCUT2D eigenvalue weighted by Crippen LogP contribution is 2.11. The first-order chi connectivity index (χ1) is 37.6. The van der Waals surface area contributed by atoms with Gasteiger partial charge in [0, 0.05) is 50.1 Å². The van der Waals surface area contributed by atoms with Gasteiger partial charge in [0.05, 0.1) is 32.8 Å². The van der Waals surface area contributed by atoms with Crippen molar-refractivity contribution in [3.8, 4) is 0 Å². The molecule has 6 aromatic carbocycles. The number of carbonyl (C=O) groups is 7. The zero-order valence-corrected chi connectivity index (χ0v) is 42.6. The lowest BCUT2D eigenvalue weighted by atomic mass is 10.1. The number of para-hydroxylation sites is 2. The summed E-state index contributed by atoms with van der Waals surface area (Å²) in [6, 6.07) is 53.4. The van der Waals surface area contributed by atoms with Crippen LogP contribution in [-0.2, 0) is 79.9 Å². The number of amides is 4. The third-order valence-corrected chi connectivity index (χ3v) is 10.7. The van der Waals surface area contributed by atoms with Crippen molar-refractivity contribution in [2.24, 2.45) is 0 Å². The first-order valence-electron chi connectivity index (χ1n) is 25.1. The molecule has 6 aromatic rings. The van der Waals surface area contributed by atoms with Gasteiger partial charge in [0.1, 0.15) is 13.2 Å². The number of hydrogen-bond donors (Lipinski definition) is 4. The molecule has 0 unspecified atom stereocenters. The number of esters is 3. The van der Waals surface area contributed by atoms with Crippen molar-refractivity contribution in [1.82, 2.24) is 10.6 Å². The Hall–Kier alpha value is -9.19. The van der Waals surface area contributed by atoms with E-state index in [0.29, 0.717) is 49.9 Å². The van der Waals surface area contributed by atoms with E-state index in [-0.39, 0.29) is 71.1 Å². The number of anilines is 2. The largest absolute Gasteiger partial charge is 0.466 e. The second kappa shape index (κ2) is 35.1. The fourth-order valence-electron chi connectivity index (χ4n) is 6.84. The summed E-state index contributed by atoms with van der Waals surface area (Å²) < 4.78 is 36.4. The van der Waals surface area contributed by atoms with E-state index >= 15 is 0 Å². The number of nitrogens with one attached hydrogen (secondary N) is 4. The summed E-state index contributed by atoms with van der Waals surface area (Å²) in [7, 11) is 0. The Morgan fingerprint density at radius 3 is 1.14 bits per heavy atom. The summed E-state index contributed by atoms with van der Waals surface area (Å²) in [6.45, 7) is 0.518. The zero-order chi connectivity index (χ0) is 54.6. The second-order valence-electron chi connectivity index (χ2n) is 16.9. The molecule has 0 spiro atoms. The molecule has 4 amide bonds. The maximum atomic E-state index is 12.4. The number of hydrogen-bond acceptors (Lipinski definition) is 14. The van der Waals surface area contributed by atoms with Gasteiger partial charge in [-0.1, -0.05) is 152 Å². The number of carbonyl (C=O) groups excluding carboxylic acids is 7. The minimum Gasteiger partial charge on any atom is -0.466 e. The molecule has 0 atom stereocenters. The highest BCUT2D eigenvalue weighted by Gasteiger charge is 2.20. The lowest BCUT2D eigenvalue weighted by molar-refractivity contribution is -0.152. The number of benzene rings is 6. The van der Waals surface area contributed by atoms with E-state index in [0.717, 1.165) is 27.8 Å². The number of ether oxygens (including phenoxy) is 7. The van der Waals surface area contributed by atoms with Crippen LogP contribution in [0.25, 0.3) is 0 Å². The Morgan fingerprint density at radius 2 is 0.727 bits per heavy atom. The predicted octanol–water partition coefficient (Wildman–Crippen LogP) is 9.91. The summed E-state index contributed by atoms with van der Waals surface area (Å²) >= 11 is 0. The van der Waals surface area contributed by atoms with Crippen LogP contribution in [0.2, 0.25) is 0 Å². The smallest absolute Gasteiger partial charge is 0.411 e. The quantitative estimate of drug-likeness (QED) is 0.0214. The van der Waals surface area contributed by atoms with E-state index in [9.17, 15) is 33.6 Å². The maximum absolute atomic E-state index is 12.4. The van der Waals surface area contributed by atoms with Gasteiger partial charge in [-0.15, -0.1) is 0 Å². The SMILES string of the molecule is O=C(CCc1ccccc1)OCCCOC(=O)NCc1cccc(CNC(=O)OCCCOC(=O)CCc2ccccc2)c1.O=C(Cc1ccccc1)OC(COC(=O)Nc1ccccc1)COC(=O)Nc1ccccc1. The minimum atomic E-state index is -0.982.